The molecule has 2 heterocycles. The third-order valence-electron chi connectivity index (χ3n) is 6.03. The summed E-state index contributed by atoms with van der Waals surface area (Å²) < 4.78 is 1.95. The van der Waals surface area contributed by atoms with E-state index >= 15 is 0 Å². The minimum atomic E-state index is 0.511. The number of hydrogen-bond donors (Lipinski definition) is 0. The van der Waals surface area contributed by atoms with Crippen LogP contribution in [-0.2, 0) is 13.6 Å². The van der Waals surface area contributed by atoms with Crippen molar-refractivity contribution in [2.24, 2.45) is 12.5 Å². The first kappa shape index (κ1) is 14.9. The molecule has 1 aliphatic carbocycles. The fraction of sp³-hybridized carbons (Fsp3) is 0.550. The van der Waals surface area contributed by atoms with Crippen LogP contribution in [0.3, 0.4) is 0 Å². The van der Waals surface area contributed by atoms with Gasteiger partial charge in [0.2, 0.25) is 0 Å². The Kier molecular flexibility index (Phi) is 3.76. The second kappa shape index (κ2) is 5.79. The van der Waals surface area contributed by atoms with E-state index in [0.29, 0.717) is 11.3 Å². The molecule has 0 radical (unpaired) electrons. The number of hydrogen-bond acceptors (Lipinski definition) is 2. The molecule has 4 rings (SSSR count). The van der Waals surface area contributed by atoms with Crippen LogP contribution in [0.1, 0.15) is 48.4 Å². The molecule has 1 atom stereocenters. The highest BCUT2D eigenvalue weighted by atomic mass is 15.3. The highest BCUT2D eigenvalue weighted by Gasteiger charge is 2.48. The maximum absolute atomic E-state index is 4.51. The summed E-state index contributed by atoms with van der Waals surface area (Å²) in [6.45, 7) is 5.62. The zero-order chi connectivity index (χ0) is 15.9. The van der Waals surface area contributed by atoms with Crippen LogP contribution in [0.25, 0.3) is 0 Å². The fourth-order valence-electron chi connectivity index (χ4n) is 4.97. The lowest BCUT2D eigenvalue weighted by Gasteiger charge is -2.30. The van der Waals surface area contributed by atoms with Gasteiger partial charge >= 0.3 is 0 Å². The molecular formula is C20H27N3. The predicted molar refractivity (Wildman–Crippen MR) is 93.3 cm³/mol. The topological polar surface area (TPSA) is 21.1 Å². The number of nitrogens with zero attached hydrogens (tertiary/aromatic N) is 3. The Labute approximate surface area is 139 Å². The van der Waals surface area contributed by atoms with Gasteiger partial charge in [0.25, 0.3) is 0 Å². The lowest BCUT2D eigenvalue weighted by molar-refractivity contribution is 0.247. The molecule has 3 heteroatoms. The summed E-state index contributed by atoms with van der Waals surface area (Å²) in [6.07, 6.45) is 7.79. The summed E-state index contributed by atoms with van der Waals surface area (Å²) in [4.78, 5) is 2.67. The van der Waals surface area contributed by atoms with Gasteiger partial charge < -0.3 is 0 Å². The molecule has 1 aromatic heterocycles. The highest BCUT2D eigenvalue weighted by Crippen LogP contribution is 2.53. The smallest absolute Gasteiger partial charge is 0.0638 e. The van der Waals surface area contributed by atoms with Gasteiger partial charge in [-0.2, -0.15) is 5.10 Å². The van der Waals surface area contributed by atoms with Crippen LogP contribution < -0.4 is 0 Å². The molecule has 1 aromatic carbocycles. The Morgan fingerprint density at radius 1 is 1.17 bits per heavy atom. The Morgan fingerprint density at radius 3 is 2.57 bits per heavy atom. The van der Waals surface area contributed by atoms with Gasteiger partial charge in [-0.05, 0) is 30.7 Å². The minimum absolute atomic E-state index is 0.511. The molecule has 1 unspecified atom stereocenters. The first-order valence-electron chi connectivity index (χ1n) is 8.93. The number of rotatable bonds is 3. The Balaban J connectivity index is 1.59. The van der Waals surface area contributed by atoms with Crippen LogP contribution in [-0.4, -0.2) is 27.8 Å². The number of likely N-dealkylation sites (tertiary alicyclic amines) is 1. The molecular weight excluding hydrogens is 282 g/mol. The van der Waals surface area contributed by atoms with E-state index in [0.717, 1.165) is 6.54 Å². The number of aryl methyl sites for hydroxylation is 2. The van der Waals surface area contributed by atoms with E-state index in [1.54, 1.807) is 5.56 Å². The monoisotopic (exact) mass is 309 g/mol. The van der Waals surface area contributed by atoms with Gasteiger partial charge in [0, 0.05) is 44.4 Å². The van der Waals surface area contributed by atoms with Gasteiger partial charge in [-0.15, -0.1) is 0 Å². The van der Waals surface area contributed by atoms with Crippen molar-refractivity contribution in [3.63, 3.8) is 0 Å². The van der Waals surface area contributed by atoms with Gasteiger partial charge in [0.05, 0.1) is 5.69 Å². The number of benzene rings is 1. The zero-order valence-electron chi connectivity index (χ0n) is 14.3. The van der Waals surface area contributed by atoms with Crippen molar-refractivity contribution in [1.82, 2.24) is 14.7 Å². The van der Waals surface area contributed by atoms with Gasteiger partial charge in [-0.3, -0.25) is 9.58 Å². The molecule has 2 aromatic rings. The zero-order valence-corrected chi connectivity index (χ0v) is 14.3. The Hall–Kier alpha value is -1.61. The van der Waals surface area contributed by atoms with Gasteiger partial charge in [0.1, 0.15) is 0 Å². The third-order valence-corrected chi connectivity index (χ3v) is 6.03. The van der Waals surface area contributed by atoms with Crippen molar-refractivity contribution in [2.75, 3.05) is 13.1 Å². The normalized spacial score (nSPS) is 23.8. The maximum Gasteiger partial charge on any atom is 0.0638 e. The van der Waals surface area contributed by atoms with E-state index in [-0.39, 0.29) is 0 Å². The van der Waals surface area contributed by atoms with Gasteiger partial charge in [0.15, 0.2) is 0 Å². The summed E-state index contributed by atoms with van der Waals surface area (Å²) in [5.74, 6) is 0.697. The van der Waals surface area contributed by atoms with Gasteiger partial charge in [-0.25, -0.2) is 0 Å². The summed E-state index contributed by atoms with van der Waals surface area (Å²) in [7, 11) is 2.02. The van der Waals surface area contributed by atoms with E-state index in [4.69, 9.17) is 0 Å². The molecule has 1 spiro atoms. The van der Waals surface area contributed by atoms with Crippen molar-refractivity contribution in [2.45, 2.75) is 45.1 Å². The lowest BCUT2D eigenvalue weighted by Crippen LogP contribution is -2.26. The Bertz CT molecular complexity index is 667. The highest BCUT2D eigenvalue weighted by molar-refractivity contribution is 5.26. The molecule has 122 valence electrons. The molecule has 2 fully saturated rings. The van der Waals surface area contributed by atoms with Crippen LogP contribution in [0, 0.1) is 12.3 Å². The van der Waals surface area contributed by atoms with E-state index in [9.17, 15) is 0 Å². The average molecular weight is 309 g/mol. The van der Waals surface area contributed by atoms with E-state index in [1.807, 2.05) is 11.7 Å². The van der Waals surface area contributed by atoms with Gasteiger partial charge in [-0.1, -0.05) is 43.2 Å². The quantitative estimate of drug-likeness (QED) is 0.857. The molecule has 2 aliphatic rings. The summed E-state index contributed by atoms with van der Waals surface area (Å²) >= 11 is 0. The predicted octanol–water partition coefficient (Wildman–Crippen LogP) is 3.89. The maximum atomic E-state index is 4.51. The summed E-state index contributed by atoms with van der Waals surface area (Å²) in [5.41, 5.74) is 4.61. The second-order valence-electron chi connectivity index (χ2n) is 7.62. The Morgan fingerprint density at radius 2 is 1.91 bits per heavy atom. The van der Waals surface area contributed by atoms with Crippen molar-refractivity contribution in [3.8, 4) is 0 Å². The molecule has 1 saturated carbocycles. The molecule has 1 aliphatic heterocycles. The molecule has 1 saturated heterocycles. The summed E-state index contributed by atoms with van der Waals surface area (Å²) in [6, 6.07) is 11.2. The largest absolute Gasteiger partial charge is 0.298 e. The molecule has 0 amide bonds. The van der Waals surface area contributed by atoms with Crippen LogP contribution >= 0.6 is 0 Å². The second-order valence-corrected chi connectivity index (χ2v) is 7.62. The van der Waals surface area contributed by atoms with Crippen LogP contribution in [0.2, 0.25) is 0 Å². The van der Waals surface area contributed by atoms with E-state index < -0.39 is 0 Å². The van der Waals surface area contributed by atoms with Crippen LogP contribution in [0.15, 0.2) is 36.5 Å². The molecule has 0 N–H and O–H groups in total. The van der Waals surface area contributed by atoms with Crippen molar-refractivity contribution >= 4 is 0 Å². The van der Waals surface area contributed by atoms with E-state index in [2.05, 4.69) is 53.5 Å². The van der Waals surface area contributed by atoms with Crippen LogP contribution in [0.4, 0.5) is 0 Å². The average Bonchev–Trinajstić information content (AvgIpc) is 3.23. The first-order valence-corrected chi connectivity index (χ1v) is 8.93. The standard InChI is InChI=1S/C20H27N3/c1-16-18(12-22(2)21-16)13-23-14-19(17-8-4-3-5-9-17)20(15-23)10-6-7-11-20/h3-5,8-9,12,19H,6-7,10-11,13-15H2,1-2H3. The fourth-order valence-corrected chi connectivity index (χ4v) is 4.97. The van der Waals surface area contributed by atoms with Crippen molar-refractivity contribution < 1.29 is 0 Å². The lowest BCUT2D eigenvalue weighted by atomic mass is 9.73. The van der Waals surface area contributed by atoms with E-state index in [1.165, 1.54) is 50.0 Å². The third kappa shape index (κ3) is 2.72. The summed E-state index contributed by atoms with van der Waals surface area (Å²) in [5, 5.41) is 4.51. The molecule has 3 nitrogen and oxygen atoms in total. The minimum Gasteiger partial charge on any atom is -0.298 e. The molecule has 0 bridgehead atoms. The number of aromatic nitrogens is 2. The first-order chi connectivity index (χ1) is 11.2. The van der Waals surface area contributed by atoms with Crippen molar-refractivity contribution in [3.05, 3.63) is 53.3 Å². The van der Waals surface area contributed by atoms with Crippen molar-refractivity contribution in [1.29, 1.82) is 0 Å². The molecule has 23 heavy (non-hydrogen) atoms. The SMILES string of the molecule is Cc1nn(C)cc1CN1CC(c2ccccc2)C2(CCCC2)C1. The van der Waals surface area contributed by atoms with Crippen LogP contribution in [0.5, 0.6) is 0 Å².